The molecule has 1 unspecified atom stereocenters. The zero-order valence-corrected chi connectivity index (χ0v) is 10.2. The van der Waals surface area contributed by atoms with Gasteiger partial charge in [-0.05, 0) is 31.0 Å². The van der Waals surface area contributed by atoms with Gasteiger partial charge in [0.1, 0.15) is 0 Å². The first kappa shape index (κ1) is 12.0. The predicted molar refractivity (Wildman–Crippen MR) is 66.3 cm³/mol. The lowest BCUT2D eigenvalue weighted by molar-refractivity contribution is -0.130. The van der Waals surface area contributed by atoms with E-state index in [1.165, 1.54) is 0 Å². The van der Waals surface area contributed by atoms with E-state index in [0.717, 1.165) is 31.5 Å². The predicted octanol–water partition coefficient (Wildman–Crippen LogP) is 1.09. The summed E-state index contributed by atoms with van der Waals surface area (Å²) in [7, 11) is 0. The van der Waals surface area contributed by atoms with Crippen molar-refractivity contribution < 1.29 is 4.79 Å². The van der Waals surface area contributed by atoms with Crippen LogP contribution in [0.1, 0.15) is 25.3 Å². The maximum Gasteiger partial charge on any atom is 0.227 e. The maximum absolute atomic E-state index is 12.2. The van der Waals surface area contributed by atoms with Crippen molar-refractivity contribution in [3.63, 3.8) is 0 Å². The number of pyridine rings is 1. The number of carbonyl (C=O) groups excluding carboxylic acids is 1. The Morgan fingerprint density at radius 3 is 3.12 bits per heavy atom. The van der Waals surface area contributed by atoms with Crippen LogP contribution in [0.15, 0.2) is 24.5 Å². The Bertz CT molecular complexity index is 372. The second kappa shape index (κ2) is 5.27. The van der Waals surface area contributed by atoms with Gasteiger partial charge in [0, 0.05) is 25.5 Å². The van der Waals surface area contributed by atoms with Crippen molar-refractivity contribution >= 4 is 5.91 Å². The molecule has 0 aromatic carbocycles. The van der Waals surface area contributed by atoms with Gasteiger partial charge in [-0.2, -0.15) is 0 Å². The first-order valence-electron chi connectivity index (χ1n) is 6.15. The Labute approximate surface area is 102 Å². The third kappa shape index (κ3) is 2.64. The largest absolute Gasteiger partial charge is 0.351 e. The van der Waals surface area contributed by atoms with E-state index in [2.05, 4.69) is 22.5 Å². The molecule has 4 heteroatoms. The van der Waals surface area contributed by atoms with Gasteiger partial charge in [0.2, 0.25) is 5.91 Å². The summed E-state index contributed by atoms with van der Waals surface area (Å²) in [5, 5.41) is 6.28. The van der Waals surface area contributed by atoms with Crippen molar-refractivity contribution in [3.05, 3.63) is 30.1 Å². The Balaban J connectivity index is 1.93. The fraction of sp³-hybridized carbons (Fsp3) is 0.538. The number of hydrogen-bond acceptors (Lipinski definition) is 3. The number of hydrogen-bond donors (Lipinski definition) is 2. The van der Waals surface area contributed by atoms with Crippen LogP contribution in [-0.4, -0.2) is 24.0 Å². The minimum atomic E-state index is -0.206. The summed E-state index contributed by atoms with van der Waals surface area (Å²) in [5.74, 6) is 0.161. The van der Waals surface area contributed by atoms with Crippen LogP contribution in [0, 0.1) is 5.41 Å². The van der Waals surface area contributed by atoms with E-state index in [0.29, 0.717) is 6.54 Å². The molecule has 0 saturated carbocycles. The standard InChI is InChI=1S/C13H19N3O/c1-2-13(5-7-15-10-13)12(17)16-9-11-4-3-6-14-8-11/h3-4,6,8,15H,2,5,7,9-10H2,1H3,(H,16,17). The molecule has 1 atom stereocenters. The number of nitrogens with zero attached hydrogens (tertiary/aromatic N) is 1. The molecule has 17 heavy (non-hydrogen) atoms. The summed E-state index contributed by atoms with van der Waals surface area (Å²) in [6.07, 6.45) is 5.34. The topological polar surface area (TPSA) is 54.0 Å². The van der Waals surface area contributed by atoms with E-state index in [1.807, 2.05) is 12.1 Å². The first-order valence-corrected chi connectivity index (χ1v) is 6.15. The highest BCUT2D eigenvalue weighted by atomic mass is 16.2. The summed E-state index contributed by atoms with van der Waals surface area (Å²) in [6.45, 7) is 4.38. The van der Waals surface area contributed by atoms with Crippen LogP contribution in [0.5, 0.6) is 0 Å². The van der Waals surface area contributed by atoms with Crippen LogP contribution in [0.4, 0.5) is 0 Å². The van der Waals surface area contributed by atoms with Crippen LogP contribution in [0.25, 0.3) is 0 Å². The van der Waals surface area contributed by atoms with Gasteiger partial charge in [0.15, 0.2) is 0 Å². The molecule has 1 aromatic heterocycles. The highest BCUT2D eigenvalue weighted by Crippen LogP contribution is 2.29. The van der Waals surface area contributed by atoms with Crippen LogP contribution in [0.3, 0.4) is 0 Å². The average molecular weight is 233 g/mol. The van der Waals surface area contributed by atoms with Crippen LogP contribution in [0.2, 0.25) is 0 Å². The maximum atomic E-state index is 12.2. The Morgan fingerprint density at radius 2 is 2.53 bits per heavy atom. The minimum Gasteiger partial charge on any atom is -0.351 e. The molecule has 0 radical (unpaired) electrons. The quantitative estimate of drug-likeness (QED) is 0.818. The summed E-state index contributed by atoms with van der Waals surface area (Å²) in [5.41, 5.74) is 0.834. The smallest absolute Gasteiger partial charge is 0.227 e. The lowest BCUT2D eigenvalue weighted by Gasteiger charge is -2.25. The third-order valence-corrected chi connectivity index (χ3v) is 3.58. The molecule has 1 fully saturated rings. The van der Waals surface area contributed by atoms with E-state index in [1.54, 1.807) is 12.4 Å². The third-order valence-electron chi connectivity index (χ3n) is 3.58. The van der Waals surface area contributed by atoms with Crippen molar-refractivity contribution in [1.29, 1.82) is 0 Å². The van der Waals surface area contributed by atoms with Gasteiger partial charge >= 0.3 is 0 Å². The monoisotopic (exact) mass is 233 g/mol. The molecule has 2 rings (SSSR count). The van der Waals surface area contributed by atoms with Crippen molar-refractivity contribution in [3.8, 4) is 0 Å². The fourth-order valence-electron chi connectivity index (χ4n) is 2.27. The highest BCUT2D eigenvalue weighted by molar-refractivity contribution is 5.83. The van der Waals surface area contributed by atoms with Gasteiger partial charge < -0.3 is 10.6 Å². The molecule has 1 saturated heterocycles. The zero-order chi connectivity index (χ0) is 12.1. The van der Waals surface area contributed by atoms with E-state index in [-0.39, 0.29) is 11.3 Å². The van der Waals surface area contributed by atoms with Crippen LogP contribution >= 0.6 is 0 Å². The summed E-state index contributed by atoms with van der Waals surface area (Å²) in [6, 6.07) is 3.85. The molecular weight excluding hydrogens is 214 g/mol. The molecule has 0 bridgehead atoms. The number of aromatic nitrogens is 1. The van der Waals surface area contributed by atoms with E-state index in [9.17, 15) is 4.79 Å². The van der Waals surface area contributed by atoms with Gasteiger partial charge in [0.05, 0.1) is 5.41 Å². The van der Waals surface area contributed by atoms with Gasteiger partial charge in [-0.3, -0.25) is 9.78 Å². The van der Waals surface area contributed by atoms with Crippen molar-refractivity contribution in [2.75, 3.05) is 13.1 Å². The number of carbonyl (C=O) groups is 1. The van der Waals surface area contributed by atoms with E-state index in [4.69, 9.17) is 0 Å². The Hall–Kier alpha value is -1.42. The average Bonchev–Trinajstić information content (AvgIpc) is 2.87. The van der Waals surface area contributed by atoms with Gasteiger partial charge in [-0.1, -0.05) is 13.0 Å². The first-order chi connectivity index (χ1) is 8.27. The van der Waals surface area contributed by atoms with E-state index < -0.39 is 0 Å². The van der Waals surface area contributed by atoms with Crippen molar-refractivity contribution in [1.82, 2.24) is 15.6 Å². The van der Waals surface area contributed by atoms with Crippen molar-refractivity contribution in [2.24, 2.45) is 5.41 Å². The molecule has 1 aliphatic rings. The second-order valence-corrected chi connectivity index (χ2v) is 4.60. The molecule has 2 heterocycles. The highest BCUT2D eigenvalue weighted by Gasteiger charge is 2.39. The molecule has 92 valence electrons. The Morgan fingerprint density at radius 1 is 1.65 bits per heavy atom. The molecule has 4 nitrogen and oxygen atoms in total. The fourth-order valence-corrected chi connectivity index (χ4v) is 2.27. The van der Waals surface area contributed by atoms with Gasteiger partial charge in [-0.15, -0.1) is 0 Å². The number of amides is 1. The molecule has 1 aromatic rings. The second-order valence-electron chi connectivity index (χ2n) is 4.60. The molecule has 2 N–H and O–H groups in total. The molecule has 0 aliphatic carbocycles. The number of nitrogens with one attached hydrogen (secondary N) is 2. The van der Waals surface area contributed by atoms with Crippen molar-refractivity contribution in [2.45, 2.75) is 26.3 Å². The molecular formula is C13H19N3O. The molecule has 0 spiro atoms. The lowest BCUT2D eigenvalue weighted by atomic mass is 9.83. The van der Waals surface area contributed by atoms with E-state index >= 15 is 0 Å². The zero-order valence-electron chi connectivity index (χ0n) is 10.2. The Kier molecular flexibility index (Phi) is 3.74. The van der Waals surface area contributed by atoms with Gasteiger partial charge in [-0.25, -0.2) is 0 Å². The molecule has 1 aliphatic heterocycles. The SMILES string of the molecule is CCC1(C(=O)NCc2cccnc2)CCNC1. The lowest BCUT2D eigenvalue weighted by Crippen LogP contribution is -2.41. The van der Waals surface area contributed by atoms with Crippen LogP contribution in [-0.2, 0) is 11.3 Å². The summed E-state index contributed by atoms with van der Waals surface area (Å²) in [4.78, 5) is 16.2. The summed E-state index contributed by atoms with van der Waals surface area (Å²) < 4.78 is 0. The number of rotatable bonds is 4. The van der Waals surface area contributed by atoms with Crippen LogP contribution < -0.4 is 10.6 Å². The summed E-state index contributed by atoms with van der Waals surface area (Å²) >= 11 is 0. The normalized spacial score (nSPS) is 23.6. The van der Waals surface area contributed by atoms with Gasteiger partial charge in [0.25, 0.3) is 0 Å². The minimum absolute atomic E-state index is 0.161. The molecule has 1 amide bonds.